The molecule has 7 heterocycles. The van der Waals surface area contributed by atoms with Gasteiger partial charge in [0, 0.05) is 92.4 Å². The van der Waals surface area contributed by atoms with Gasteiger partial charge in [-0.3, -0.25) is 34.1 Å². The molecule has 6 aliphatic rings. The highest BCUT2D eigenvalue weighted by atomic mass is 32.2. The number of aryl methyl sites for hydroxylation is 1. The first-order chi connectivity index (χ1) is 38.2. The number of hydrogen-bond donors (Lipinski definition) is 3. The number of carbonyl (C=O) groups is 4. The Morgan fingerprint density at radius 2 is 1.76 bits per heavy atom. The first-order valence-electron chi connectivity index (χ1n) is 28.2. The number of phenols is 1. The molecule has 6 atom stereocenters. The smallest absolute Gasteiger partial charge is 0.325 e. The molecular formula is C62H75N7O10S. The maximum Gasteiger partial charge on any atom is 0.325 e. The summed E-state index contributed by atoms with van der Waals surface area (Å²) >= 11 is 0. The van der Waals surface area contributed by atoms with Crippen molar-refractivity contribution in [2.45, 2.75) is 122 Å². The number of nitrogens with one attached hydrogen (secondary N) is 2. The molecule has 424 valence electrons. The number of nitrogens with zero attached hydrogens (tertiary/aromatic N) is 5. The van der Waals surface area contributed by atoms with Gasteiger partial charge in [-0.25, -0.2) is 13.8 Å². The summed E-state index contributed by atoms with van der Waals surface area (Å²) < 4.78 is 44.8. The van der Waals surface area contributed by atoms with E-state index in [0.29, 0.717) is 75.2 Å². The Bertz CT molecular complexity index is 3350. The molecule has 17 nitrogen and oxygen atoms in total. The van der Waals surface area contributed by atoms with E-state index in [0.717, 1.165) is 44.5 Å². The molecule has 11 rings (SSSR count). The zero-order valence-corrected chi connectivity index (χ0v) is 48.0. The van der Waals surface area contributed by atoms with Gasteiger partial charge in [0.15, 0.2) is 9.84 Å². The van der Waals surface area contributed by atoms with Crippen LogP contribution in [0.2, 0.25) is 0 Å². The molecule has 4 saturated heterocycles. The fourth-order valence-corrected chi connectivity index (χ4v) is 13.8. The van der Waals surface area contributed by atoms with Gasteiger partial charge in [-0.1, -0.05) is 82.0 Å². The van der Waals surface area contributed by atoms with Crippen molar-refractivity contribution in [3.8, 4) is 40.0 Å². The van der Waals surface area contributed by atoms with Crippen molar-refractivity contribution in [3.63, 3.8) is 0 Å². The zero-order valence-electron chi connectivity index (χ0n) is 47.2. The molecule has 1 saturated carbocycles. The van der Waals surface area contributed by atoms with E-state index >= 15 is 4.79 Å². The van der Waals surface area contributed by atoms with Crippen LogP contribution in [0.15, 0.2) is 79.0 Å². The second-order valence-corrected chi connectivity index (χ2v) is 25.9. The molecule has 1 aliphatic carbocycles. The van der Waals surface area contributed by atoms with Crippen LogP contribution in [0.1, 0.15) is 101 Å². The maximum absolute atomic E-state index is 15.2. The van der Waals surface area contributed by atoms with Gasteiger partial charge in [0.2, 0.25) is 5.91 Å². The van der Waals surface area contributed by atoms with Gasteiger partial charge in [-0.2, -0.15) is 0 Å². The summed E-state index contributed by atoms with van der Waals surface area (Å²) in [6, 6.07) is 20.0. The lowest BCUT2D eigenvalue weighted by molar-refractivity contribution is -0.171. The number of fused-ring (bicyclic) bond motifs is 4. The van der Waals surface area contributed by atoms with Gasteiger partial charge in [0.05, 0.1) is 42.1 Å². The summed E-state index contributed by atoms with van der Waals surface area (Å²) in [6.45, 7) is 14.3. The van der Waals surface area contributed by atoms with Crippen LogP contribution in [0, 0.1) is 29.1 Å². The predicted molar refractivity (Wildman–Crippen MR) is 305 cm³/mol. The number of esters is 1. The normalized spacial score (nSPS) is 24.4. The van der Waals surface area contributed by atoms with E-state index in [4.69, 9.17) is 19.2 Å². The Labute approximate surface area is 469 Å². The number of amides is 3. The molecule has 3 N–H and O–H groups in total. The quantitative estimate of drug-likeness (QED) is 0.0946. The third-order valence-corrected chi connectivity index (χ3v) is 18.6. The number of benzene rings is 3. The number of carbonyl (C=O) groups excluding carboxylic acids is 4. The minimum atomic E-state index is -3.03. The van der Waals surface area contributed by atoms with Gasteiger partial charge >= 0.3 is 5.97 Å². The number of phenolic OH excluding ortho intramolecular Hbond substituents is 1. The largest absolute Gasteiger partial charge is 0.508 e. The van der Waals surface area contributed by atoms with Gasteiger partial charge in [0.25, 0.3) is 11.8 Å². The topological polar surface area (TPSA) is 202 Å². The lowest BCUT2D eigenvalue weighted by atomic mass is 9.73. The number of hydrazine groups is 1. The van der Waals surface area contributed by atoms with Crippen LogP contribution in [-0.2, 0) is 62.6 Å². The van der Waals surface area contributed by atoms with Crippen molar-refractivity contribution in [2.75, 3.05) is 58.5 Å². The molecule has 2 aromatic heterocycles. The van der Waals surface area contributed by atoms with Crippen LogP contribution in [0.5, 0.6) is 5.75 Å². The first kappa shape index (κ1) is 56.6. The van der Waals surface area contributed by atoms with E-state index < -0.39 is 63.4 Å². The fourth-order valence-electron chi connectivity index (χ4n) is 12.6. The number of aromatic nitrogens is 2. The van der Waals surface area contributed by atoms with E-state index in [1.165, 1.54) is 9.91 Å². The van der Waals surface area contributed by atoms with Crippen molar-refractivity contribution in [1.29, 1.82) is 0 Å². The van der Waals surface area contributed by atoms with Gasteiger partial charge < -0.3 is 34.1 Å². The highest BCUT2D eigenvalue weighted by Gasteiger charge is 2.52. The molecule has 80 heavy (non-hydrogen) atoms. The highest BCUT2D eigenvalue weighted by Crippen LogP contribution is 2.44. The molecule has 5 aliphatic heterocycles. The number of ether oxygens (including phenoxy) is 3. The van der Waals surface area contributed by atoms with Gasteiger partial charge in [-0.15, -0.1) is 0 Å². The van der Waals surface area contributed by atoms with E-state index in [9.17, 15) is 27.9 Å². The summed E-state index contributed by atoms with van der Waals surface area (Å²) in [6.07, 6.45) is 2.80. The average Bonchev–Trinajstić information content (AvgIpc) is 4.08. The van der Waals surface area contributed by atoms with E-state index in [-0.39, 0.29) is 60.0 Å². The van der Waals surface area contributed by atoms with E-state index in [1.807, 2.05) is 68.1 Å². The van der Waals surface area contributed by atoms with Crippen molar-refractivity contribution in [2.24, 2.45) is 17.3 Å². The molecule has 5 fully saturated rings. The molecule has 3 amide bonds. The Balaban J connectivity index is 1.04. The number of rotatable bonds is 11. The summed E-state index contributed by atoms with van der Waals surface area (Å²) in [4.78, 5) is 67.4. The Morgan fingerprint density at radius 3 is 2.48 bits per heavy atom. The standard InChI is InChI=1S/C62H75N7O10S/c1-9-68-52-18-17-42-33-48(52)50(56(68)49-28-39(35-63-53(49)38(4)77-8)14-13-20-67-21-24-80(75,76)25-22-67)34-62(5,6)36-79-61(74)54-44-30-45(31-44)69(65-54)59(72)51(29-40-26-43(42)32-46(70)27-40)64-58(71)55(37(2)3)66(7)60(73)57-47(19-23-78-57)41-15-11-10-12-16-41/h10-12,15-18,26-28,32-33,35,37-38,44-45,47,51,54-55,57,65,70H,9,19-25,29-31,34,36H2,1-8H3,(H,64,71)/t38-,44?,45?,47?,51-,54?,55-,57?/m0/s1. The van der Waals surface area contributed by atoms with E-state index in [1.54, 1.807) is 32.5 Å². The van der Waals surface area contributed by atoms with Crippen molar-refractivity contribution in [3.05, 3.63) is 107 Å². The third kappa shape index (κ3) is 11.6. The predicted octanol–water partition coefficient (Wildman–Crippen LogP) is 6.59. The molecule has 3 unspecified atom stereocenters. The maximum atomic E-state index is 15.2. The molecule has 0 spiro atoms. The van der Waals surface area contributed by atoms with Crippen molar-refractivity contribution >= 4 is 44.4 Å². The zero-order chi connectivity index (χ0) is 56.8. The molecule has 3 aromatic carbocycles. The van der Waals surface area contributed by atoms with Crippen LogP contribution >= 0.6 is 0 Å². The van der Waals surface area contributed by atoms with Crippen LogP contribution < -0.4 is 10.7 Å². The summed E-state index contributed by atoms with van der Waals surface area (Å²) in [5, 5.41) is 17.1. The van der Waals surface area contributed by atoms with Crippen LogP contribution in [0.3, 0.4) is 0 Å². The lowest BCUT2D eigenvalue weighted by Crippen LogP contribution is -2.72. The van der Waals surface area contributed by atoms with Gasteiger partial charge in [0.1, 0.15) is 30.0 Å². The monoisotopic (exact) mass is 1110 g/mol. The van der Waals surface area contributed by atoms with Gasteiger partial charge in [-0.05, 0) is 110 Å². The number of methoxy groups -OCH3 is 1. The summed E-state index contributed by atoms with van der Waals surface area (Å²) in [5.74, 6) is 4.41. The minimum absolute atomic E-state index is 0.0234. The highest BCUT2D eigenvalue weighted by molar-refractivity contribution is 7.91. The van der Waals surface area contributed by atoms with Crippen LogP contribution in [0.4, 0.5) is 0 Å². The van der Waals surface area contributed by atoms with Crippen molar-refractivity contribution < 1.29 is 46.9 Å². The SMILES string of the molecule is CCn1c(-c2cc(C#CCN3CCS(=O)(=O)CC3)cnc2[C@H](C)OC)c2c3cc(ccc31)-c1cc(O)cc(c1)C[C@H](NC(=O)[C@H](C(C)C)N(C)C(=O)C1OCCC1c1ccccc1)C(=O)N1NC(C(=O)OCC(C)(C)C2)C2CC1C2. The fraction of sp³-hybridized carbons (Fsp3) is 0.500. The second-order valence-electron chi connectivity index (χ2n) is 23.6. The molecule has 5 aromatic rings. The number of hydrogen-bond acceptors (Lipinski definition) is 13. The Kier molecular flexibility index (Phi) is 16.3. The molecular weight excluding hydrogens is 1030 g/mol. The summed E-state index contributed by atoms with van der Waals surface area (Å²) in [7, 11) is 0.232. The minimum Gasteiger partial charge on any atom is -0.508 e. The third-order valence-electron chi connectivity index (χ3n) is 17.0. The Hall–Kier alpha value is -6.62. The van der Waals surface area contributed by atoms with Crippen molar-refractivity contribution in [1.82, 2.24) is 35.1 Å². The number of cyclic esters (lactones) is 1. The summed E-state index contributed by atoms with van der Waals surface area (Å²) in [5.41, 5.74) is 10.8. The average molecular weight is 1110 g/mol. The number of likely N-dealkylation sites (N-methyl/N-ethyl adjacent to an activating group) is 1. The second kappa shape index (κ2) is 23.1. The molecule has 0 radical (unpaired) electrons. The number of pyridine rings is 1. The number of aromatic hydroxyl groups is 1. The molecule has 8 bridgehead atoms. The van der Waals surface area contributed by atoms with Crippen LogP contribution in [-0.4, -0.2) is 150 Å². The Morgan fingerprint density at radius 1 is 1.01 bits per heavy atom. The van der Waals surface area contributed by atoms with Crippen LogP contribution in [0.25, 0.3) is 33.3 Å². The lowest BCUT2D eigenvalue weighted by Gasteiger charge is -2.53. The first-order valence-corrected chi connectivity index (χ1v) is 30.0. The number of sulfone groups is 1. The molecule has 18 heteroatoms. The van der Waals surface area contributed by atoms with E-state index in [2.05, 4.69) is 66.1 Å².